The molecule has 26 heavy (non-hydrogen) atoms. The molecule has 136 valence electrons. The number of hydrogen-bond acceptors (Lipinski definition) is 4. The van der Waals surface area contributed by atoms with Gasteiger partial charge in [-0.15, -0.1) is 0 Å². The van der Waals surface area contributed by atoms with E-state index in [4.69, 9.17) is 16.0 Å². The van der Waals surface area contributed by atoms with Gasteiger partial charge in [0.25, 0.3) is 5.91 Å². The van der Waals surface area contributed by atoms with Crippen molar-refractivity contribution in [3.05, 3.63) is 59.0 Å². The average Bonchev–Trinajstić information content (AvgIpc) is 3.23. The number of rotatable bonds is 7. The first-order chi connectivity index (χ1) is 12.5. The van der Waals surface area contributed by atoms with Crippen LogP contribution < -0.4 is 10.6 Å². The molecule has 4 amide bonds. The number of benzene rings is 1. The fourth-order valence-corrected chi connectivity index (χ4v) is 2.88. The Bertz CT molecular complexity index is 807. The van der Waals surface area contributed by atoms with Crippen LogP contribution in [0.1, 0.15) is 24.2 Å². The summed E-state index contributed by atoms with van der Waals surface area (Å²) in [4.78, 5) is 37.4. The molecule has 2 N–H and O–H groups in total. The smallest absolute Gasteiger partial charge is 0.325 e. The van der Waals surface area contributed by atoms with Crippen LogP contribution in [-0.2, 0) is 22.7 Å². The van der Waals surface area contributed by atoms with Gasteiger partial charge in [-0.3, -0.25) is 14.5 Å². The van der Waals surface area contributed by atoms with Crippen molar-refractivity contribution in [3.63, 3.8) is 0 Å². The maximum absolute atomic E-state index is 12.3. The molecule has 1 atom stereocenters. The molecular formula is C18H18ClN3O4. The lowest BCUT2D eigenvalue weighted by Gasteiger charge is -2.11. The molecule has 0 bridgehead atoms. The van der Waals surface area contributed by atoms with E-state index < -0.39 is 12.1 Å². The Labute approximate surface area is 155 Å². The molecule has 2 heterocycles. The van der Waals surface area contributed by atoms with E-state index in [0.29, 0.717) is 17.3 Å². The van der Waals surface area contributed by atoms with Crippen molar-refractivity contribution >= 4 is 29.4 Å². The van der Waals surface area contributed by atoms with Gasteiger partial charge in [0.1, 0.15) is 11.8 Å². The predicted molar refractivity (Wildman–Crippen MR) is 94.1 cm³/mol. The van der Waals surface area contributed by atoms with Gasteiger partial charge in [0.15, 0.2) is 0 Å². The highest BCUT2D eigenvalue weighted by molar-refractivity contribution is 6.31. The number of nitrogens with zero attached hydrogens (tertiary/aromatic N) is 1. The van der Waals surface area contributed by atoms with Gasteiger partial charge in [-0.05, 0) is 30.2 Å². The summed E-state index contributed by atoms with van der Waals surface area (Å²) in [6.07, 6.45) is 1.83. The summed E-state index contributed by atoms with van der Waals surface area (Å²) >= 11 is 6.04. The van der Waals surface area contributed by atoms with Crippen LogP contribution in [0.5, 0.6) is 0 Å². The highest BCUT2D eigenvalue weighted by Gasteiger charge is 2.38. The molecule has 1 fully saturated rings. The number of carbonyl (C=O) groups excluding carboxylic acids is 3. The molecule has 8 heteroatoms. The SMILES string of the molecule is O=C(CCC1NC(=O)N(Cc2ccco2)C1=O)NCc1ccccc1Cl. The number of urea groups is 1. The summed E-state index contributed by atoms with van der Waals surface area (Å²) in [5, 5.41) is 5.94. The molecule has 1 aliphatic heterocycles. The molecule has 3 rings (SSSR count). The lowest BCUT2D eigenvalue weighted by molar-refractivity contribution is -0.128. The van der Waals surface area contributed by atoms with Crippen LogP contribution in [0.4, 0.5) is 4.79 Å². The van der Waals surface area contributed by atoms with Crippen LogP contribution >= 0.6 is 11.6 Å². The summed E-state index contributed by atoms with van der Waals surface area (Å²) in [7, 11) is 0. The third-order valence-electron chi connectivity index (χ3n) is 4.09. The van der Waals surface area contributed by atoms with Gasteiger partial charge in [-0.1, -0.05) is 29.8 Å². The third-order valence-corrected chi connectivity index (χ3v) is 4.46. The van der Waals surface area contributed by atoms with Crippen molar-refractivity contribution < 1.29 is 18.8 Å². The highest BCUT2D eigenvalue weighted by atomic mass is 35.5. The van der Waals surface area contributed by atoms with E-state index in [0.717, 1.165) is 10.5 Å². The summed E-state index contributed by atoms with van der Waals surface area (Å²) in [6, 6.07) is 9.44. The van der Waals surface area contributed by atoms with Crippen molar-refractivity contribution in [1.29, 1.82) is 0 Å². The Morgan fingerprint density at radius 3 is 2.77 bits per heavy atom. The molecule has 0 radical (unpaired) electrons. The first-order valence-corrected chi connectivity index (χ1v) is 8.57. The molecule has 1 unspecified atom stereocenters. The number of amides is 4. The van der Waals surface area contributed by atoms with E-state index in [2.05, 4.69) is 10.6 Å². The van der Waals surface area contributed by atoms with Gasteiger partial charge in [0.2, 0.25) is 5.91 Å². The summed E-state index contributed by atoms with van der Waals surface area (Å²) in [5.74, 6) is -0.0478. The van der Waals surface area contributed by atoms with E-state index in [1.54, 1.807) is 18.2 Å². The van der Waals surface area contributed by atoms with Crippen LogP contribution in [-0.4, -0.2) is 28.8 Å². The molecular weight excluding hydrogens is 358 g/mol. The number of nitrogens with one attached hydrogen (secondary N) is 2. The Hall–Kier alpha value is -2.80. The Balaban J connectivity index is 1.47. The van der Waals surface area contributed by atoms with Gasteiger partial charge in [0.05, 0.1) is 12.8 Å². The Morgan fingerprint density at radius 1 is 1.23 bits per heavy atom. The molecule has 0 spiro atoms. The van der Waals surface area contributed by atoms with Gasteiger partial charge in [0, 0.05) is 18.0 Å². The molecule has 1 aliphatic rings. The Morgan fingerprint density at radius 2 is 2.04 bits per heavy atom. The first kappa shape index (κ1) is 18.0. The summed E-state index contributed by atoms with van der Waals surface area (Å²) in [5.41, 5.74) is 0.817. The molecule has 1 saturated heterocycles. The van der Waals surface area contributed by atoms with E-state index in [1.807, 2.05) is 18.2 Å². The molecule has 2 aromatic rings. The van der Waals surface area contributed by atoms with Gasteiger partial charge in [-0.2, -0.15) is 0 Å². The zero-order chi connectivity index (χ0) is 18.5. The van der Waals surface area contributed by atoms with Crippen LogP contribution in [0.2, 0.25) is 5.02 Å². The second-order valence-corrected chi connectivity index (χ2v) is 6.32. The largest absolute Gasteiger partial charge is 0.467 e. The second kappa shape index (κ2) is 8.05. The third kappa shape index (κ3) is 4.23. The molecule has 1 aromatic carbocycles. The minimum Gasteiger partial charge on any atom is -0.467 e. The van der Waals surface area contributed by atoms with E-state index in [-0.39, 0.29) is 31.2 Å². The zero-order valence-corrected chi connectivity index (χ0v) is 14.7. The molecule has 7 nitrogen and oxygen atoms in total. The van der Waals surface area contributed by atoms with Crippen molar-refractivity contribution in [1.82, 2.24) is 15.5 Å². The van der Waals surface area contributed by atoms with E-state index in [1.165, 1.54) is 6.26 Å². The van der Waals surface area contributed by atoms with Crippen molar-refractivity contribution in [2.24, 2.45) is 0 Å². The predicted octanol–water partition coefficient (Wildman–Crippen LogP) is 2.45. The first-order valence-electron chi connectivity index (χ1n) is 8.19. The van der Waals surface area contributed by atoms with Crippen LogP contribution in [0, 0.1) is 0 Å². The maximum Gasteiger partial charge on any atom is 0.325 e. The summed E-state index contributed by atoms with van der Waals surface area (Å²) in [6.45, 7) is 0.390. The van der Waals surface area contributed by atoms with Crippen molar-refractivity contribution in [2.45, 2.75) is 32.0 Å². The van der Waals surface area contributed by atoms with Crippen LogP contribution in [0.15, 0.2) is 47.1 Å². The second-order valence-electron chi connectivity index (χ2n) is 5.91. The Kier molecular flexibility index (Phi) is 5.58. The number of hydrogen-bond donors (Lipinski definition) is 2. The quantitative estimate of drug-likeness (QED) is 0.727. The van der Waals surface area contributed by atoms with Gasteiger partial charge < -0.3 is 15.1 Å². The average molecular weight is 376 g/mol. The maximum atomic E-state index is 12.3. The van der Waals surface area contributed by atoms with E-state index >= 15 is 0 Å². The van der Waals surface area contributed by atoms with Crippen LogP contribution in [0.25, 0.3) is 0 Å². The fourth-order valence-electron chi connectivity index (χ4n) is 2.68. The fraction of sp³-hybridized carbons (Fsp3) is 0.278. The van der Waals surface area contributed by atoms with E-state index in [9.17, 15) is 14.4 Å². The minimum atomic E-state index is -0.705. The van der Waals surface area contributed by atoms with Crippen LogP contribution in [0.3, 0.4) is 0 Å². The summed E-state index contributed by atoms with van der Waals surface area (Å²) < 4.78 is 5.16. The number of carbonyl (C=O) groups is 3. The number of furan rings is 1. The lowest BCUT2D eigenvalue weighted by atomic mass is 10.1. The molecule has 1 aromatic heterocycles. The number of imide groups is 1. The standard InChI is InChI=1S/C18H18ClN3O4/c19-14-6-2-1-4-12(14)10-20-16(23)8-7-15-17(24)22(18(25)21-15)11-13-5-3-9-26-13/h1-6,9,15H,7-8,10-11H2,(H,20,23)(H,21,25). The monoisotopic (exact) mass is 375 g/mol. The normalized spacial score (nSPS) is 16.7. The van der Waals surface area contributed by atoms with Crippen molar-refractivity contribution in [3.8, 4) is 0 Å². The van der Waals surface area contributed by atoms with Gasteiger partial charge >= 0.3 is 6.03 Å². The van der Waals surface area contributed by atoms with Gasteiger partial charge in [-0.25, -0.2) is 4.79 Å². The number of halogens is 1. The molecule has 0 saturated carbocycles. The minimum absolute atomic E-state index is 0.0763. The van der Waals surface area contributed by atoms with Crippen molar-refractivity contribution in [2.75, 3.05) is 0 Å². The lowest BCUT2D eigenvalue weighted by Crippen LogP contribution is -2.32. The highest BCUT2D eigenvalue weighted by Crippen LogP contribution is 2.16. The molecule has 0 aliphatic carbocycles. The zero-order valence-electron chi connectivity index (χ0n) is 13.9. The topological polar surface area (TPSA) is 91.7 Å².